The lowest BCUT2D eigenvalue weighted by Gasteiger charge is -2.18. The van der Waals surface area contributed by atoms with Crippen LogP contribution < -0.4 is 5.32 Å². The lowest BCUT2D eigenvalue weighted by Crippen LogP contribution is -2.38. The molecule has 0 bridgehead atoms. The molecule has 1 aromatic carbocycles. The number of rotatable bonds is 1. The Hall–Kier alpha value is -1.64. The highest BCUT2D eigenvalue weighted by molar-refractivity contribution is 5.76. The third-order valence-corrected chi connectivity index (χ3v) is 2.00. The van der Waals surface area contributed by atoms with E-state index in [1.807, 2.05) is 57.2 Å². The van der Waals surface area contributed by atoms with Crippen molar-refractivity contribution in [3.8, 4) is 0 Å². The summed E-state index contributed by atoms with van der Waals surface area (Å²) in [4.78, 5) is 20.8. The zero-order chi connectivity index (χ0) is 17.8. The van der Waals surface area contributed by atoms with Gasteiger partial charge in [0.1, 0.15) is 5.78 Å². The summed E-state index contributed by atoms with van der Waals surface area (Å²) in [5, 5.41) is 2.74. The minimum Gasteiger partial charge on any atom is -0.352 e. The second-order valence-electron chi connectivity index (χ2n) is 7.53. The van der Waals surface area contributed by atoms with E-state index in [0.29, 0.717) is 6.42 Å². The van der Waals surface area contributed by atoms with Crippen LogP contribution in [0.5, 0.6) is 0 Å². The highest BCUT2D eigenvalue weighted by atomic mass is 16.1. The van der Waals surface area contributed by atoms with Gasteiger partial charge in [-0.3, -0.25) is 4.79 Å². The van der Waals surface area contributed by atoms with Crippen molar-refractivity contribution in [2.45, 2.75) is 67.3 Å². The largest absolute Gasteiger partial charge is 0.352 e. The van der Waals surface area contributed by atoms with Crippen LogP contribution in [-0.4, -0.2) is 17.2 Å². The molecule has 1 amide bonds. The molecule has 3 heteroatoms. The summed E-state index contributed by atoms with van der Waals surface area (Å²) in [5.74, 6) is 0.301. The Balaban J connectivity index is 0. The molecule has 0 aromatic heterocycles. The third kappa shape index (κ3) is 26.8. The van der Waals surface area contributed by atoms with E-state index in [9.17, 15) is 9.59 Å². The average Bonchev–Trinajstić information content (AvgIpc) is 2.25. The summed E-state index contributed by atoms with van der Waals surface area (Å²) in [6.07, 6.45) is 0.687. The fourth-order valence-corrected chi connectivity index (χ4v) is 1.66. The number of ketones is 1. The first kappa shape index (κ1) is 22.6. The van der Waals surface area contributed by atoms with Gasteiger partial charge in [0, 0.05) is 18.9 Å². The number of carbonyl (C=O) groups excluding carboxylic acids is 2. The van der Waals surface area contributed by atoms with E-state index in [4.69, 9.17) is 0 Å². The summed E-state index contributed by atoms with van der Waals surface area (Å²) < 4.78 is 0. The van der Waals surface area contributed by atoms with E-state index in [1.54, 1.807) is 6.92 Å². The molecule has 1 rings (SSSR count). The molecule has 0 aliphatic heterocycles. The van der Waals surface area contributed by atoms with Gasteiger partial charge in [-0.1, -0.05) is 57.2 Å². The van der Waals surface area contributed by atoms with Gasteiger partial charge in [0.05, 0.1) is 0 Å². The van der Waals surface area contributed by atoms with E-state index >= 15 is 0 Å². The van der Waals surface area contributed by atoms with Gasteiger partial charge in [0.2, 0.25) is 5.91 Å². The van der Waals surface area contributed by atoms with Crippen LogP contribution in [0.15, 0.2) is 36.4 Å². The van der Waals surface area contributed by atoms with Crippen LogP contribution in [0.1, 0.15) is 61.8 Å². The Kier molecular flexibility index (Phi) is 11.3. The maximum Gasteiger partial charge on any atom is 0.217 e. The molecule has 1 aromatic rings. The fraction of sp³-hybridized carbons (Fsp3) is 0.579. The van der Waals surface area contributed by atoms with Gasteiger partial charge < -0.3 is 10.1 Å². The molecule has 126 valence electrons. The Morgan fingerprint density at radius 3 is 1.14 bits per heavy atom. The van der Waals surface area contributed by atoms with Crippen molar-refractivity contribution in [1.29, 1.82) is 0 Å². The zero-order valence-corrected chi connectivity index (χ0v) is 15.5. The maximum atomic E-state index is 10.5. The predicted octanol–water partition coefficient (Wildman–Crippen LogP) is 4.62. The number of hydrogen-bond donors (Lipinski definition) is 1. The maximum absolute atomic E-state index is 10.5. The summed E-state index contributed by atoms with van der Waals surface area (Å²) in [7, 11) is 0. The lowest BCUT2D eigenvalue weighted by molar-refractivity contribution is -0.120. The Morgan fingerprint density at radius 1 is 0.773 bits per heavy atom. The number of nitrogens with one attached hydrogen (secondary N) is 1. The first-order chi connectivity index (χ1) is 9.83. The molecule has 0 radical (unpaired) electrons. The molecule has 0 spiro atoms. The minimum absolute atomic E-state index is 0.0255. The van der Waals surface area contributed by atoms with Crippen LogP contribution in [0.3, 0.4) is 0 Å². The molecule has 0 atom stereocenters. The van der Waals surface area contributed by atoms with Gasteiger partial charge in [-0.2, -0.15) is 0 Å². The second-order valence-corrected chi connectivity index (χ2v) is 7.53. The predicted molar refractivity (Wildman–Crippen MR) is 94.8 cm³/mol. The third-order valence-electron chi connectivity index (χ3n) is 2.00. The number of Topliss-reactive ketones (excluding diaryl/α,β-unsaturated/α-hetero) is 1. The van der Waals surface area contributed by atoms with Crippen molar-refractivity contribution in [3.05, 3.63) is 36.4 Å². The van der Waals surface area contributed by atoms with Crippen molar-refractivity contribution in [2.24, 2.45) is 5.41 Å². The van der Waals surface area contributed by atoms with Gasteiger partial charge in [0.25, 0.3) is 0 Å². The SMILES string of the molecule is CC(=O)CC(C)(C)C.CC(=O)NC(C)(C)C.c1ccccc1. The van der Waals surface area contributed by atoms with E-state index in [2.05, 4.69) is 26.1 Å². The minimum atomic E-state index is -0.0775. The van der Waals surface area contributed by atoms with Gasteiger partial charge >= 0.3 is 0 Å². The van der Waals surface area contributed by atoms with Gasteiger partial charge in [-0.05, 0) is 33.1 Å². The Morgan fingerprint density at radius 2 is 1.09 bits per heavy atom. The molecule has 0 saturated carbocycles. The standard InChI is InChI=1S/C7H14O.C6H13NO.C6H6/c1-6(8)5-7(2,3)4;1-5(8)7-6(2,3)4;1-2-4-6-5-3-1/h5H2,1-4H3;1-4H3,(H,7,8);1-6H. The first-order valence-corrected chi connectivity index (χ1v) is 7.62. The second kappa shape index (κ2) is 11.0. The van der Waals surface area contributed by atoms with Crippen LogP contribution in [0.2, 0.25) is 0 Å². The highest BCUT2D eigenvalue weighted by Crippen LogP contribution is 2.17. The van der Waals surface area contributed by atoms with Crippen molar-refractivity contribution in [1.82, 2.24) is 5.32 Å². The Labute approximate surface area is 136 Å². The molecule has 3 nitrogen and oxygen atoms in total. The first-order valence-electron chi connectivity index (χ1n) is 7.62. The van der Waals surface area contributed by atoms with Crippen LogP contribution in [0.4, 0.5) is 0 Å². The summed E-state index contributed by atoms with van der Waals surface area (Å²) in [6, 6.07) is 12.0. The average molecular weight is 307 g/mol. The van der Waals surface area contributed by atoms with Crippen LogP contribution in [0, 0.1) is 5.41 Å². The van der Waals surface area contributed by atoms with Crippen molar-refractivity contribution in [3.63, 3.8) is 0 Å². The molecule has 0 aliphatic carbocycles. The normalized spacial score (nSPS) is 10.4. The van der Waals surface area contributed by atoms with Gasteiger partial charge in [-0.15, -0.1) is 0 Å². The summed E-state index contributed by atoms with van der Waals surface area (Å²) >= 11 is 0. The van der Waals surface area contributed by atoms with E-state index in [-0.39, 0.29) is 22.6 Å². The van der Waals surface area contributed by atoms with Crippen LogP contribution in [-0.2, 0) is 9.59 Å². The molecule has 0 unspecified atom stereocenters. The fourth-order valence-electron chi connectivity index (χ4n) is 1.66. The monoisotopic (exact) mass is 307 g/mol. The van der Waals surface area contributed by atoms with Gasteiger partial charge in [0.15, 0.2) is 0 Å². The summed E-state index contributed by atoms with van der Waals surface area (Å²) in [6.45, 7) is 15.2. The zero-order valence-electron chi connectivity index (χ0n) is 15.5. The molecular formula is C19H33NO2. The molecule has 1 N–H and O–H groups in total. The molecule has 22 heavy (non-hydrogen) atoms. The van der Waals surface area contributed by atoms with E-state index in [1.165, 1.54) is 6.92 Å². The van der Waals surface area contributed by atoms with E-state index < -0.39 is 0 Å². The molecule has 0 fully saturated rings. The van der Waals surface area contributed by atoms with Crippen LogP contribution in [0.25, 0.3) is 0 Å². The highest BCUT2D eigenvalue weighted by Gasteiger charge is 2.11. The Bertz CT molecular complexity index is 359. The number of hydrogen-bond acceptors (Lipinski definition) is 2. The lowest BCUT2D eigenvalue weighted by atomic mass is 9.91. The number of benzene rings is 1. The van der Waals surface area contributed by atoms with Crippen molar-refractivity contribution >= 4 is 11.7 Å². The number of carbonyl (C=O) groups is 2. The molecule has 0 heterocycles. The topological polar surface area (TPSA) is 46.2 Å². The molecule has 0 aliphatic rings. The summed E-state index contributed by atoms with van der Waals surface area (Å²) in [5.41, 5.74) is 0.0949. The quantitative estimate of drug-likeness (QED) is 0.823. The van der Waals surface area contributed by atoms with Crippen LogP contribution >= 0.6 is 0 Å². The smallest absolute Gasteiger partial charge is 0.217 e. The van der Waals surface area contributed by atoms with E-state index in [0.717, 1.165) is 0 Å². The molecular weight excluding hydrogens is 274 g/mol. The van der Waals surface area contributed by atoms with Crippen molar-refractivity contribution in [2.75, 3.05) is 0 Å². The molecule has 0 saturated heterocycles. The number of amides is 1. The van der Waals surface area contributed by atoms with Crippen molar-refractivity contribution < 1.29 is 9.59 Å². The van der Waals surface area contributed by atoms with Gasteiger partial charge in [-0.25, -0.2) is 0 Å².